The molecular weight excluding hydrogens is 491 g/mol. The lowest BCUT2D eigenvalue weighted by molar-refractivity contribution is -0.110. The van der Waals surface area contributed by atoms with E-state index in [1.54, 1.807) is 32.0 Å². The van der Waals surface area contributed by atoms with Crippen molar-refractivity contribution in [3.8, 4) is 11.4 Å². The van der Waals surface area contributed by atoms with E-state index in [-0.39, 0.29) is 19.1 Å². The van der Waals surface area contributed by atoms with Crippen molar-refractivity contribution < 1.29 is 18.4 Å². The number of H-pyrrole nitrogens is 1. The Morgan fingerprint density at radius 2 is 1.70 bits per heavy atom. The molecular formula is C26H25N6O4P. The molecule has 11 heteroatoms. The van der Waals surface area contributed by atoms with Crippen molar-refractivity contribution in [3.63, 3.8) is 0 Å². The third-order valence-corrected chi connectivity index (χ3v) is 7.85. The zero-order valence-corrected chi connectivity index (χ0v) is 21.2. The summed E-state index contributed by atoms with van der Waals surface area (Å²) >= 11 is 0. The second kappa shape index (κ2) is 10.5. The van der Waals surface area contributed by atoms with Crippen LogP contribution in [0.25, 0.3) is 22.7 Å². The van der Waals surface area contributed by atoms with Crippen molar-refractivity contribution in [2.45, 2.75) is 13.8 Å². The summed E-state index contributed by atoms with van der Waals surface area (Å²) in [7, 11) is -3.55. The maximum atomic E-state index is 13.5. The first-order chi connectivity index (χ1) is 18.0. The minimum absolute atomic E-state index is 0.227. The Morgan fingerprint density at radius 3 is 2.35 bits per heavy atom. The molecule has 3 aromatic carbocycles. The number of hydrogen-bond donors (Lipinski definition) is 3. The van der Waals surface area contributed by atoms with Crippen LogP contribution in [-0.4, -0.2) is 39.7 Å². The number of carbonyl (C=O) groups is 1. The molecule has 0 unspecified atom stereocenters. The second-order valence-electron chi connectivity index (χ2n) is 8.09. The van der Waals surface area contributed by atoms with Gasteiger partial charge in [-0.25, -0.2) is 5.10 Å². The summed E-state index contributed by atoms with van der Waals surface area (Å²) in [5, 5.41) is 20.6. The van der Waals surface area contributed by atoms with Crippen molar-refractivity contribution in [1.82, 2.24) is 20.6 Å². The van der Waals surface area contributed by atoms with Gasteiger partial charge in [-0.05, 0) is 72.3 Å². The molecule has 1 amide bonds. The standard InChI is InChI=1S/C26H25N6O4P/c1-3-35-37(34,36-4-2)20-14-15-22-21(16-20)23(26(33)28-22)24(17-8-6-5-7-9-17)27-19-12-10-18(11-13-19)25-29-31-32-30-25/h5-16,27H,3-4H2,1-2H3,(H,28,33)(H,29,30,31,32)/b24-23-. The summed E-state index contributed by atoms with van der Waals surface area (Å²) in [4.78, 5) is 13.3. The third kappa shape index (κ3) is 4.95. The van der Waals surface area contributed by atoms with Gasteiger partial charge in [0, 0.05) is 22.5 Å². The predicted octanol–water partition coefficient (Wildman–Crippen LogP) is 4.69. The smallest absolute Gasteiger partial charge is 0.354 e. The highest BCUT2D eigenvalue weighted by atomic mass is 31.2. The van der Waals surface area contributed by atoms with E-state index in [0.717, 1.165) is 16.8 Å². The van der Waals surface area contributed by atoms with E-state index in [4.69, 9.17) is 9.05 Å². The van der Waals surface area contributed by atoms with Crippen molar-refractivity contribution in [2.75, 3.05) is 23.8 Å². The average molecular weight is 516 g/mol. The molecule has 4 aromatic rings. The van der Waals surface area contributed by atoms with Gasteiger partial charge >= 0.3 is 7.60 Å². The molecule has 3 N–H and O–H groups in total. The highest BCUT2D eigenvalue weighted by molar-refractivity contribution is 7.62. The van der Waals surface area contributed by atoms with Crippen LogP contribution in [0.15, 0.2) is 72.8 Å². The van der Waals surface area contributed by atoms with E-state index >= 15 is 0 Å². The van der Waals surface area contributed by atoms with E-state index < -0.39 is 7.60 Å². The monoisotopic (exact) mass is 516 g/mol. The summed E-state index contributed by atoms with van der Waals surface area (Å²) in [6, 6.07) is 22.2. The molecule has 188 valence electrons. The van der Waals surface area contributed by atoms with E-state index in [2.05, 4.69) is 31.3 Å². The normalized spacial score (nSPS) is 14.3. The number of anilines is 2. The zero-order valence-electron chi connectivity index (χ0n) is 20.3. The minimum atomic E-state index is -3.55. The molecule has 5 rings (SSSR count). The van der Waals surface area contributed by atoms with Crippen LogP contribution in [0.1, 0.15) is 25.0 Å². The number of fused-ring (bicyclic) bond motifs is 1. The number of nitrogens with zero attached hydrogens (tertiary/aromatic N) is 3. The Morgan fingerprint density at radius 1 is 0.973 bits per heavy atom. The van der Waals surface area contributed by atoms with Gasteiger partial charge in [0.25, 0.3) is 5.91 Å². The van der Waals surface area contributed by atoms with Crippen molar-refractivity contribution in [2.24, 2.45) is 0 Å². The van der Waals surface area contributed by atoms with E-state index in [9.17, 15) is 9.36 Å². The van der Waals surface area contributed by atoms with Crippen LogP contribution in [0.5, 0.6) is 0 Å². The third-order valence-electron chi connectivity index (χ3n) is 5.75. The first-order valence-corrected chi connectivity index (χ1v) is 13.3. The molecule has 0 aliphatic carbocycles. The molecule has 2 heterocycles. The zero-order chi connectivity index (χ0) is 25.8. The van der Waals surface area contributed by atoms with Gasteiger partial charge in [0.1, 0.15) is 0 Å². The van der Waals surface area contributed by atoms with Gasteiger partial charge in [0.05, 0.1) is 29.8 Å². The number of carbonyl (C=O) groups excluding carboxylic acids is 1. The molecule has 0 radical (unpaired) electrons. The molecule has 0 atom stereocenters. The van der Waals surface area contributed by atoms with Crippen LogP contribution < -0.4 is 15.9 Å². The van der Waals surface area contributed by atoms with Crippen LogP contribution in [-0.2, 0) is 18.4 Å². The highest BCUT2D eigenvalue weighted by Crippen LogP contribution is 2.48. The fourth-order valence-electron chi connectivity index (χ4n) is 4.12. The molecule has 1 aromatic heterocycles. The van der Waals surface area contributed by atoms with Crippen molar-refractivity contribution in [3.05, 3.63) is 83.9 Å². The average Bonchev–Trinajstić information content (AvgIpc) is 3.56. The lowest BCUT2D eigenvalue weighted by Gasteiger charge is -2.18. The number of tetrazole rings is 1. The maximum absolute atomic E-state index is 13.5. The minimum Gasteiger partial charge on any atom is -0.354 e. The van der Waals surface area contributed by atoms with Crippen LogP contribution in [0.4, 0.5) is 11.4 Å². The Kier molecular flexibility index (Phi) is 6.96. The largest absolute Gasteiger partial charge is 0.361 e. The van der Waals surface area contributed by atoms with Crippen LogP contribution in [0, 0.1) is 0 Å². The summed E-state index contributed by atoms with van der Waals surface area (Å²) in [5.41, 5.74) is 4.64. The van der Waals surface area contributed by atoms with Gasteiger partial charge < -0.3 is 19.7 Å². The Hall–Kier alpha value is -4.11. The quantitative estimate of drug-likeness (QED) is 0.216. The number of aromatic amines is 1. The predicted molar refractivity (Wildman–Crippen MR) is 142 cm³/mol. The van der Waals surface area contributed by atoms with Crippen LogP contribution in [0.2, 0.25) is 0 Å². The fourth-order valence-corrected chi connectivity index (χ4v) is 5.72. The summed E-state index contributed by atoms with van der Waals surface area (Å²) in [5.74, 6) is 0.281. The van der Waals surface area contributed by atoms with Gasteiger partial charge in [-0.3, -0.25) is 9.36 Å². The summed E-state index contributed by atoms with van der Waals surface area (Å²) < 4.78 is 24.5. The Bertz CT molecular complexity index is 1480. The number of hydrogen-bond acceptors (Lipinski definition) is 8. The van der Waals surface area contributed by atoms with Gasteiger partial charge in [-0.15, -0.1) is 5.10 Å². The Labute approximate surface area is 213 Å². The molecule has 0 saturated carbocycles. The number of aromatic nitrogens is 4. The van der Waals surface area contributed by atoms with Crippen molar-refractivity contribution >= 4 is 41.5 Å². The molecule has 0 fully saturated rings. The van der Waals surface area contributed by atoms with Gasteiger partial charge in [0.2, 0.25) is 0 Å². The Balaban J connectivity index is 1.61. The molecule has 0 saturated heterocycles. The van der Waals surface area contributed by atoms with Gasteiger partial charge in [0.15, 0.2) is 5.82 Å². The van der Waals surface area contributed by atoms with Crippen molar-refractivity contribution in [1.29, 1.82) is 0 Å². The highest BCUT2D eigenvalue weighted by Gasteiger charge is 2.33. The maximum Gasteiger partial charge on any atom is 0.361 e. The summed E-state index contributed by atoms with van der Waals surface area (Å²) in [6.07, 6.45) is 0. The van der Waals surface area contributed by atoms with E-state index in [1.807, 2.05) is 54.6 Å². The summed E-state index contributed by atoms with van der Waals surface area (Å²) in [6.45, 7) is 3.98. The fraction of sp³-hybridized carbons (Fsp3) is 0.154. The SMILES string of the molecule is CCOP(=O)(OCC)c1ccc2c(c1)/C(=C(/Nc1ccc(-c3nnn[nH]3)cc1)c1ccccc1)C(=O)N2. The molecule has 1 aliphatic rings. The number of rotatable bonds is 9. The first-order valence-electron chi connectivity index (χ1n) is 11.8. The van der Waals surface area contributed by atoms with Gasteiger partial charge in [-0.1, -0.05) is 30.3 Å². The molecule has 0 spiro atoms. The number of nitrogens with one attached hydrogen (secondary N) is 3. The molecule has 37 heavy (non-hydrogen) atoms. The number of benzene rings is 3. The van der Waals surface area contributed by atoms with E-state index in [1.165, 1.54) is 0 Å². The van der Waals surface area contributed by atoms with Gasteiger partial charge in [-0.2, -0.15) is 0 Å². The topological polar surface area (TPSA) is 131 Å². The van der Waals surface area contributed by atoms with Crippen LogP contribution >= 0.6 is 7.60 Å². The van der Waals surface area contributed by atoms with Crippen LogP contribution in [0.3, 0.4) is 0 Å². The number of amides is 1. The lowest BCUT2D eigenvalue weighted by Crippen LogP contribution is -2.12. The first kappa shape index (κ1) is 24.6. The van der Waals surface area contributed by atoms with E-state index in [0.29, 0.717) is 33.6 Å². The molecule has 0 bridgehead atoms. The molecule has 1 aliphatic heterocycles. The second-order valence-corrected chi connectivity index (χ2v) is 10.1. The molecule has 10 nitrogen and oxygen atoms in total. The lowest BCUT2D eigenvalue weighted by atomic mass is 10.00.